The van der Waals surface area contributed by atoms with Gasteiger partial charge in [-0.2, -0.15) is 0 Å². The summed E-state index contributed by atoms with van der Waals surface area (Å²) in [5.41, 5.74) is 0.956. The van der Waals surface area contributed by atoms with Crippen molar-refractivity contribution in [3.8, 4) is 0 Å². The van der Waals surface area contributed by atoms with E-state index in [-0.39, 0.29) is 25.9 Å². The van der Waals surface area contributed by atoms with Gasteiger partial charge in [-0.15, -0.1) is 0 Å². The van der Waals surface area contributed by atoms with Gasteiger partial charge in [0.05, 0.1) is 12.8 Å². The summed E-state index contributed by atoms with van der Waals surface area (Å²) in [7, 11) is 0. The van der Waals surface area contributed by atoms with Crippen LogP contribution >= 0.6 is 0 Å². The van der Waals surface area contributed by atoms with Gasteiger partial charge in [-0.1, -0.05) is 12.1 Å². The fourth-order valence-corrected chi connectivity index (χ4v) is 2.69. The van der Waals surface area contributed by atoms with E-state index in [1.165, 1.54) is 12.4 Å². The van der Waals surface area contributed by atoms with Crippen molar-refractivity contribution in [3.63, 3.8) is 0 Å². The number of carboxylic acid groups (broad SMARTS) is 2. The molecule has 0 aliphatic rings. The van der Waals surface area contributed by atoms with Gasteiger partial charge in [0, 0.05) is 36.9 Å². The molecular weight excluding hydrogens is 392 g/mol. The Labute approximate surface area is 172 Å². The molecule has 0 saturated carbocycles. The largest absolute Gasteiger partial charge is 0.480 e. The molecule has 0 atom stereocenters. The Bertz CT molecular complexity index is 802. The lowest BCUT2D eigenvalue weighted by molar-refractivity contribution is -0.146. The zero-order valence-corrected chi connectivity index (χ0v) is 16.2. The van der Waals surface area contributed by atoms with Crippen molar-refractivity contribution in [1.29, 1.82) is 0 Å². The Morgan fingerprint density at radius 1 is 0.700 bits per heavy atom. The molecule has 0 aromatic carbocycles. The average Bonchev–Trinajstić information content (AvgIpc) is 2.71. The van der Waals surface area contributed by atoms with Crippen LogP contribution in [0.1, 0.15) is 11.4 Å². The molecule has 10 nitrogen and oxygen atoms in total. The second kappa shape index (κ2) is 11.2. The van der Waals surface area contributed by atoms with Crippen molar-refractivity contribution in [1.82, 2.24) is 19.8 Å². The Balaban J connectivity index is 2.05. The van der Waals surface area contributed by atoms with E-state index >= 15 is 0 Å². The Hall–Kier alpha value is -3.82. The minimum atomic E-state index is -1.21. The summed E-state index contributed by atoms with van der Waals surface area (Å²) in [4.78, 5) is 57.6. The molecule has 0 spiro atoms. The van der Waals surface area contributed by atoms with Gasteiger partial charge in [0.2, 0.25) is 11.8 Å². The third kappa shape index (κ3) is 7.66. The van der Waals surface area contributed by atoms with Crippen LogP contribution in [0.25, 0.3) is 0 Å². The minimum Gasteiger partial charge on any atom is -0.480 e. The Morgan fingerprint density at radius 3 is 1.40 bits per heavy atom. The van der Waals surface area contributed by atoms with Gasteiger partial charge < -0.3 is 20.0 Å². The molecule has 2 amide bonds. The van der Waals surface area contributed by atoms with Crippen molar-refractivity contribution in [3.05, 3.63) is 60.2 Å². The van der Waals surface area contributed by atoms with Gasteiger partial charge in [0.1, 0.15) is 13.1 Å². The van der Waals surface area contributed by atoms with Crippen molar-refractivity contribution in [2.75, 3.05) is 26.2 Å². The van der Waals surface area contributed by atoms with Gasteiger partial charge in [-0.3, -0.25) is 29.1 Å². The first-order valence-electron chi connectivity index (χ1n) is 9.14. The molecule has 0 aliphatic carbocycles. The van der Waals surface area contributed by atoms with E-state index in [0.29, 0.717) is 11.4 Å². The first kappa shape index (κ1) is 22.5. The van der Waals surface area contributed by atoms with E-state index in [9.17, 15) is 19.2 Å². The van der Waals surface area contributed by atoms with Crippen LogP contribution < -0.4 is 0 Å². The maximum absolute atomic E-state index is 12.5. The number of aliphatic carboxylic acids is 2. The predicted octanol–water partition coefficient (Wildman–Crippen LogP) is 0.0882. The highest BCUT2D eigenvalue weighted by atomic mass is 16.4. The second-order valence-corrected chi connectivity index (χ2v) is 6.41. The fraction of sp³-hybridized carbons (Fsp3) is 0.300. The van der Waals surface area contributed by atoms with E-state index in [4.69, 9.17) is 10.2 Å². The van der Waals surface area contributed by atoms with E-state index in [0.717, 1.165) is 9.80 Å². The summed E-state index contributed by atoms with van der Waals surface area (Å²) in [6, 6.07) is 10.1. The molecule has 158 valence electrons. The topological polar surface area (TPSA) is 141 Å². The van der Waals surface area contributed by atoms with Gasteiger partial charge in [0.15, 0.2) is 0 Å². The van der Waals surface area contributed by atoms with Crippen LogP contribution in [0.4, 0.5) is 0 Å². The summed E-state index contributed by atoms with van der Waals surface area (Å²) >= 11 is 0. The number of carbonyl (C=O) groups excluding carboxylic acids is 2. The molecule has 0 unspecified atom stereocenters. The van der Waals surface area contributed by atoms with E-state index in [2.05, 4.69) is 9.97 Å². The summed E-state index contributed by atoms with van der Waals surface area (Å²) < 4.78 is 0. The maximum atomic E-state index is 12.5. The molecule has 0 aliphatic heterocycles. The number of pyridine rings is 2. The first-order valence-corrected chi connectivity index (χ1v) is 9.14. The normalized spacial score (nSPS) is 10.3. The van der Waals surface area contributed by atoms with Gasteiger partial charge in [0.25, 0.3) is 0 Å². The molecule has 2 heterocycles. The number of hydrogen-bond donors (Lipinski definition) is 2. The van der Waals surface area contributed by atoms with Crippen molar-refractivity contribution in [2.24, 2.45) is 0 Å². The van der Waals surface area contributed by atoms with E-state index < -0.39 is 36.8 Å². The monoisotopic (exact) mass is 414 g/mol. The second-order valence-electron chi connectivity index (χ2n) is 6.41. The van der Waals surface area contributed by atoms with E-state index in [1.807, 2.05) is 0 Å². The zero-order valence-electron chi connectivity index (χ0n) is 16.2. The molecule has 10 heteroatoms. The standard InChI is InChI=1S/C20H22N4O6/c25-17(11-15-5-1-3-7-21-15)23(13-19(27)28)9-10-24(14-20(29)30)18(26)12-16-6-2-4-8-22-16/h1-8H,9-14H2,(H,27,28)(H,29,30). The van der Waals surface area contributed by atoms with Crippen molar-refractivity contribution < 1.29 is 29.4 Å². The van der Waals surface area contributed by atoms with Crippen molar-refractivity contribution in [2.45, 2.75) is 12.8 Å². The van der Waals surface area contributed by atoms with E-state index in [1.54, 1.807) is 36.4 Å². The molecule has 0 radical (unpaired) electrons. The number of hydrogen-bond acceptors (Lipinski definition) is 6. The number of aromatic nitrogens is 2. The Kier molecular flexibility index (Phi) is 8.42. The molecule has 2 rings (SSSR count). The van der Waals surface area contributed by atoms with Crippen LogP contribution in [0.15, 0.2) is 48.8 Å². The smallest absolute Gasteiger partial charge is 0.323 e. The fourth-order valence-electron chi connectivity index (χ4n) is 2.69. The SMILES string of the molecule is O=C(O)CN(CCN(CC(=O)O)C(=O)Cc1ccccn1)C(=O)Cc1ccccn1. The van der Waals surface area contributed by atoms with Crippen LogP contribution in [0.5, 0.6) is 0 Å². The lowest BCUT2D eigenvalue weighted by Crippen LogP contribution is -2.45. The molecule has 0 bridgehead atoms. The molecule has 0 fully saturated rings. The van der Waals surface area contributed by atoms with Crippen LogP contribution in [-0.4, -0.2) is 79.9 Å². The van der Waals surface area contributed by atoms with Crippen LogP contribution in [0, 0.1) is 0 Å². The van der Waals surface area contributed by atoms with Gasteiger partial charge >= 0.3 is 11.9 Å². The van der Waals surface area contributed by atoms with Gasteiger partial charge in [-0.05, 0) is 24.3 Å². The number of amides is 2. The number of rotatable bonds is 11. The predicted molar refractivity (Wildman–Crippen MR) is 104 cm³/mol. The van der Waals surface area contributed by atoms with Crippen molar-refractivity contribution >= 4 is 23.8 Å². The summed E-state index contributed by atoms with van der Waals surface area (Å²) in [5, 5.41) is 18.2. The number of carbonyl (C=O) groups is 4. The Morgan fingerprint density at radius 2 is 1.10 bits per heavy atom. The highest BCUT2D eigenvalue weighted by Crippen LogP contribution is 2.04. The summed E-state index contributed by atoms with van der Waals surface area (Å²) in [6.45, 7) is -1.39. The van der Waals surface area contributed by atoms with Gasteiger partial charge in [-0.25, -0.2) is 0 Å². The third-order valence-corrected chi connectivity index (χ3v) is 4.11. The molecule has 30 heavy (non-hydrogen) atoms. The maximum Gasteiger partial charge on any atom is 0.323 e. The van der Waals surface area contributed by atoms with Crippen LogP contribution in [0.2, 0.25) is 0 Å². The van der Waals surface area contributed by atoms with Crippen LogP contribution in [0.3, 0.4) is 0 Å². The minimum absolute atomic E-state index is 0.102. The van der Waals surface area contributed by atoms with Crippen LogP contribution in [-0.2, 0) is 32.0 Å². The molecule has 2 aromatic rings. The lowest BCUT2D eigenvalue weighted by atomic mass is 10.2. The number of nitrogens with zero attached hydrogens (tertiary/aromatic N) is 4. The number of carboxylic acids is 2. The molecule has 0 saturated heterocycles. The zero-order chi connectivity index (χ0) is 21.9. The molecule has 2 N–H and O–H groups in total. The molecular formula is C20H22N4O6. The summed E-state index contributed by atoms with van der Waals surface area (Å²) in [5.74, 6) is -3.39. The highest BCUT2D eigenvalue weighted by Gasteiger charge is 2.22. The quantitative estimate of drug-likeness (QED) is 0.527. The highest BCUT2D eigenvalue weighted by molar-refractivity contribution is 5.84. The lowest BCUT2D eigenvalue weighted by Gasteiger charge is -2.26. The first-order chi connectivity index (χ1) is 14.3. The average molecular weight is 414 g/mol. The molecule has 2 aromatic heterocycles. The summed E-state index contributed by atoms with van der Waals surface area (Å²) in [6.07, 6.45) is 2.84. The third-order valence-electron chi connectivity index (χ3n) is 4.11.